The fourth-order valence-corrected chi connectivity index (χ4v) is 1.40. The number of aryl methyl sites for hydroxylation is 1. The number of rotatable bonds is 2. The summed E-state index contributed by atoms with van der Waals surface area (Å²) >= 11 is 0. The molecule has 0 aromatic carbocycles. The molecule has 1 aromatic heterocycles. The summed E-state index contributed by atoms with van der Waals surface area (Å²) in [4.78, 5) is 24.7. The number of hydrogen-bond acceptors (Lipinski definition) is 5. The van der Waals surface area contributed by atoms with E-state index in [1.165, 1.54) is 6.92 Å². The third kappa shape index (κ3) is 1.82. The fraction of sp³-hybridized carbons (Fsp3) is 0.444. The highest BCUT2D eigenvalue weighted by atomic mass is 16.5. The van der Waals surface area contributed by atoms with E-state index >= 15 is 0 Å². The molecule has 0 spiro atoms. The Kier molecular flexibility index (Phi) is 2.71. The number of ether oxygens (including phenoxy) is 1. The number of aliphatic hydroxyl groups excluding tert-OH is 1. The van der Waals surface area contributed by atoms with Crippen LogP contribution in [0.2, 0.25) is 0 Å². The van der Waals surface area contributed by atoms with Crippen LogP contribution in [0.5, 0.6) is 0 Å². The first-order chi connectivity index (χ1) is 7.61. The summed E-state index contributed by atoms with van der Waals surface area (Å²) in [6.45, 7) is 1.33. The van der Waals surface area contributed by atoms with E-state index < -0.39 is 23.6 Å². The van der Waals surface area contributed by atoms with Gasteiger partial charge in [-0.3, -0.25) is 9.78 Å². The molecule has 2 atom stereocenters. The van der Waals surface area contributed by atoms with Gasteiger partial charge in [0.1, 0.15) is 11.8 Å². The lowest BCUT2D eigenvalue weighted by molar-refractivity contribution is -0.0173. The van der Waals surface area contributed by atoms with E-state index in [2.05, 4.69) is 10.1 Å². The van der Waals surface area contributed by atoms with Crippen LogP contribution in [0.15, 0.2) is 21.7 Å². The molecule has 16 heavy (non-hydrogen) atoms. The zero-order valence-electron chi connectivity index (χ0n) is 8.58. The molecule has 1 aromatic rings. The quantitative estimate of drug-likeness (QED) is 0.609. The van der Waals surface area contributed by atoms with Gasteiger partial charge in [-0.05, 0) is 13.0 Å². The standard InChI is InChI=1S/C9H11N3O4/c1-5-8(14)10-9(15)12(11-5)7-3-2-6(4-13)16-7/h2-3,6-7,13H,4H2,1H3,(H,10,14,15)/t6-,7+/m0/s1. The van der Waals surface area contributed by atoms with Crippen molar-refractivity contribution in [2.45, 2.75) is 19.3 Å². The Balaban J connectivity index is 2.36. The van der Waals surface area contributed by atoms with Crippen LogP contribution in [0.25, 0.3) is 0 Å². The van der Waals surface area contributed by atoms with Gasteiger partial charge in [0.05, 0.1) is 6.61 Å². The van der Waals surface area contributed by atoms with Crippen LogP contribution in [-0.2, 0) is 4.74 Å². The van der Waals surface area contributed by atoms with Crippen LogP contribution in [0, 0.1) is 6.92 Å². The van der Waals surface area contributed by atoms with Gasteiger partial charge in [-0.25, -0.2) is 4.79 Å². The number of aromatic nitrogens is 3. The molecule has 0 fully saturated rings. The van der Waals surface area contributed by atoms with Crippen LogP contribution in [0.4, 0.5) is 0 Å². The molecule has 7 nitrogen and oxygen atoms in total. The Morgan fingerprint density at radius 3 is 2.94 bits per heavy atom. The van der Waals surface area contributed by atoms with E-state index in [-0.39, 0.29) is 12.3 Å². The SMILES string of the molecule is Cc1nn([C@H]2C=C[C@@H](CO)O2)c(=O)[nH]c1=O. The third-order valence-corrected chi connectivity index (χ3v) is 2.24. The van der Waals surface area contributed by atoms with Crippen LogP contribution in [0.3, 0.4) is 0 Å². The van der Waals surface area contributed by atoms with Gasteiger partial charge in [0.25, 0.3) is 5.56 Å². The summed E-state index contributed by atoms with van der Waals surface area (Å²) in [5.41, 5.74) is -0.963. The average Bonchev–Trinajstić information content (AvgIpc) is 2.71. The van der Waals surface area contributed by atoms with Crippen molar-refractivity contribution in [1.29, 1.82) is 0 Å². The molecule has 2 N–H and O–H groups in total. The molecule has 0 unspecified atom stereocenters. The molecular weight excluding hydrogens is 214 g/mol. The predicted octanol–water partition coefficient (Wildman–Crippen LogP) is -1.31. The summed E-state index contributed by atoms with van der Waals surface area (Å²) in [5, 5.41) is 12.7. The van der Waals surface area contributed by atoms with Gasteiger partial charge in [-0.15, -0.1) is 0 Å². The first-order valence-corrected chi connectivity index (χ1v) is 4.76. The van der Waals surface area contributed by atoms with E-state index in [1.807, 2.05) is 0 Å². The van der Waals surface area contributed by atoms with Crippen LogP contribution >= 0.6 is 0 Å². The lowest BCUT2D eigenvalue weighted by atomic mass is 10.4. The van der Waals surface area contributed by atoms with E-state index in [0.717, 1.165) is 4.68 Å². The molecule has 86 valence electrons. The molecule has 0 aliphatic carbocycles. The van der Waals surface area contributed by atoms with Crippen molar-refractivity contribution in [2.24, 2.45) is 0 Å². The fourth-order valence-electron chi connectivity index (χ4n) is 1.40. The zero-order valence-corrected chi connectivity index (χ0v) is 8.58. The number of aliphatic hydroxyl groups is 1. The second-order valence-corrected chi connectivity index (χ2v) is 3.42. The van der Waals surface area contributed by atoms with Gasteiger partial charge < -0.3 is 9.84 Å². The van der Waals surface area contributed by atoms with Gasteiger partial charge in [0, 0.05) is 0 Å². The molecule has 0 saturated carbocycles. The zero-order chi connectivity index (χ0) is 11.7. The molecule has 1 aliphatic heterocycles. The summed E-state index contributed by atoms with van der Waals surface area (Å²) < 4.78 is 6.32. The predicted molar refractivity (Wildman–Crippen MR) is 54.0 cm³/mol. The van der Waals surface area contributed by atoms with Crippen LogP contribution in [0.1, 0.15) is 11.9 Å². The third-order valence-electron chi connectivity index (χ3n) is 2.24. The highest BCUT2D eigenvalue weighted by Gasteiger charge is 2.22. The Labute approximate surface area is 90.0 Å². The summed E-state index contributed by atoms with van der Waals surface area (Å²) in [6.07, 6.45) is 2.12. The topological polar surface area (TPSA) is 97.2 Å². The molecule has 7 heteroatoms. The van der Waals surface area contributed by atoms with E-state index in [9.17, 15) is 9.59 Å². The number of aromatic amines is 1. The van der Waals surface area contributed by atoms with Crippen molar-refractivity contribution in [3.63, 3.8) is 0 Å². The molecule has 0 radical (unpaired) electrons. The minimum Gasteiger partial charge on any atom is -0.393 e. The largest absolute Gasteiger partial charge is 0.393 e. The van der Waals surface area contributed by atoms with Gasteiger partial charge >= 0.3 is 5.69 Å². The summed E-state index contributed by atoms with van der Waals surface area (Å²) in [7, 11) is 0. The number of H-pyrrole nitrogens is 1. The minimum atomic E-state index is -0.680. The molecule has 0 saturated heterocycles. The number of nitrogens with zero attached hydrogens (tertiary/aromatic N) is 2. The minimum absolute atomic E-state index is 0.163. The first-order valence-electron chi connectivity index (χ1n) is 4.76. The van der Waals surface area contributed by atoms with Crippen LogP contribution < -0.4 is 11.2 Å². The molecular formula is C9H11N3O4. The molecule has 2 heterocycles. The summed E-state index contributed by atoms with van der Waals surface area (Å²) in [6, 6.07) is 0. The van der Waals surface area contributed by atoms with E-state index in [4.69, 9.17) is 9.84 Å². The maximum Gasteiger partial charge on any atom is 0.347 e. The monoisotopic (exact) mass is 225 g/mol. The lowest BCUT2D eigenvalue weighted by Crippen LogP contribution is -2.36. The maximum atomic E-state index is 11.4. The van der Waals surface area contributed by atoms with Gasteiger partial charge in [0.15, 0.2) is 6.23 Å². The van der Waals surface area contributed by atoms with Crippen molar-refractivity contribution in [3.8, 4) is 0 Å². The lowest BCUT2D eigenvalue weighted by Gasteiger charge is -2.13. The van der Waals surface area contributed by atoms with Crippen molar-refractivity contribution in [3.05, 3.63) is 38.7 Å². The second kappa shape index (κ2) is 4.03. The number of nitrogens with one attached hydrogen (secondary N) is 1. The maximum absolute atomic E-state index is 11.4. The van der Waals surface area contributed by atoms with E-state index in [0.29, 0.717) is 0 Å². The van der Waals surface area contributed by atoms with Crippen molar-refractivity contribution < 1.29 is 9.84 Å². The normalized spacial score (nSPS) is 23.9. The first kappa shape index (κ1) is 10.8. The second-order valence-electron chi connectivity index (χ2n) is 3.42. The van der Waals surface area contributed by atoms with Gasteiger partial charge in [0.2, 0.25) is 0 Å². The highest BCUT2D eigenvalue weighted by Crippen LogP contribution is 2.17. The molecule has 2 rings (SSSR count). The smallest absolute Gasteiger partial charge is 0.347 e. The Morgan fingerprint density at radius 1 is 1.56 bits per heavy atom. The van der Waals surface area contributed by atoms with Crippen molar-refractivity contribution in [2.75, 3.05) is 6.61 Å². The molecule has 0 amide bonds. The van der Waals surface area contributed by atoms with E-state index in [1.54, 1.807) is 12.2 Å². The van der Waals surface area contributed by atoms with Crippen molar-refractivity contribution >= 4 is 0 Å². The number of hydrogen-bond donors (Lipinski definition) is 2. The Morgan fingerprint density at radius 2 is 2.31 bits per heavy atom. The average molecular weight is 225 g/mol. The van der Waals surface area contributed by atoms with Gasteiger partial charge in [-0.2, -0.15) is 9.78 Å². The highest BCUT2D eigenvalue weighted by molar-refractivity contribution is 5.00. The molecule has 0 bridgehead atoms. The summed E-state index contributed by atoms with van der Waals surface area (Å²) in [5.74, 6) is 0. The molecule has 1 aliphatic rings. The van der Waals surface area contributed by atoms with Crippen LogP contribution in [-0.4, -0.2) is 32.6 Å². The van der Waals surface area contributed by atoms with Crippen molar-refractivity contribution in [1.82, 2.24) is 14.8 Å². The van der Waals surface area contributed by atoms with Gasteiger partial charge in [-0.1, -0.05) is 6.08 Å². The Hall–Kier alpha value is -1.73. The Bertz CT molecular complexity index is 530.